The SMILES string of the molecule is COc1cc(C)nc(CCC(=O)c2ccccc2)c1. The predicted molar refractivity (Wildman–Crippen MR) is 74.6 cm³/mol. The Morgan fingerprint density at radius 2 is 1.95 bits per heavy atom. The number of carbonyl (C=O) groups excluding carboxylic acids is 1. The van der Waals surface area contributed by atoms with Gasteiger partial charge in [0, 0.05) is 35.5 Å². The fourth-order valence-corrected chi connectivity index (χ4v) is 1.96. The summed E-state index contributed by atoms with van der Waals surface area (Å²) in [5, 5.41) is 0. The molecule has 0 unspecified atom stereocenters. The van der Waals surface area contributed by atoms with Crippen molar-refractivity contribution in [1.82, 2.24) is 4.98 Å². The van der Waals surface area contributed by atoms with Crippen LogP contribution in [-0.4, -0.2) is 17.9 Å². The van der Waals surface area contributed by atoms with Gasteiger partial charge in [-0.25, -0.2) is 0 Å². The van der Waals surface area contributed by atoms with E-state index in [1.54, 1.807) is 7.11 Å². The van der Waals surface area contributed by atoms with E-state index in [2.05, 4.69) is 4.98 Å². The zero-order chi connectivity index (χ0) is 13.7. The van der Waals surface area contributed by atoms with E-state index >= 15 is 0 Å². The van der Waals surface area contributed by atoms with Gasteiger partial charge in [0.25, 0.3) is 0 Å². The molecule has 2 rings (SSSR count). The summed E-state index contributed by atoms with van der Waals surface area (Å²) in [5.74, 6) is 0.928. The normalized spacial score (nSPS) is 10.2. The molecular weight excluding hydrogens is 238 g/mol. The van der Waals surface area contributed by atoms with Crippen LogP contribution >= 0.6 is 0 Å². The summed E-state index contributed by atoms with van der Waals surface area (Å²) in [6.07, 6.45) is 1.09. The van der Waals surface area contributed by atoms with Crippen molar-refractivity contribution in [3.05, 3.63) is 59.4 Å². The van der Waals surface area contributed by atoms with Crippen molar-refractivity contribution in [2.75, 3.05) is 7.11 Å². The van der Waals surface area contributed by atoms with E-state index in [9.17, 15) is 4.79 Å². The molecule has 0 aliphatic carbocycles. The summed E-state index contributed by atoms with van der Waals surface area (Å²) in [6, 6.07) is 13.1. The Kier molecular flexibility index (Phi) is 4.29. The first-order valence-electron chi connectivity index (χ1n) is 6.29. The predicted octanol–water partition coefficient (Wildman–Crippen LogP) is 3.21. The molecule has 1 aromatic carbocycles. The molecule has 0 radical (unpaired) electrons. The number of hydrogen-bond donors (Lipinski definition) is 0. The lowest BCUT2D eigenvalue weighted by atomic mass is 10.1. The van der Waals surface area contributed by atoms with E-state index in [1.165, 1.54) is 0 Å². The Morgan fingerprint density at radius 3 is 2.63 bits per heavy atom. The molecule has 0 fully saturated rings. The Hall–Kier alpha value is -2.16. The minimum atomic E-state index is 0.142. The molecule has 3 nitrogen and oxygen atoms in total. The number of carbonyl (C=O) groups is 1. The number of rotatable bonds is 5. The molecule has 0 aliphatic rings. The molecule has 19 heavy (non-hydrogen) atoms. The first-order chi connectivity index (χ1) is 9.19. The van der Waals surface area contributed by atoms with E-state index < -0.39 is 0 Å². The number of pyridine rings is 1. The second kappa shape index (κ2) is 6.14. The Bertz CT molecular complexity index is 564. The number of methoxy groups -OCH3 is 1. The second-order valence-electron chi connectivity index (χ2n) is 4.43. The molecular formula is C16H17NO2. The molecule has 1 heterocycles. The fraction of sp³-hybridized carbons (Fsp3) is 0.250. The number of hydrogen-bond acceptors (Lipinski definition) is 3. The largest absolute Gasteiger partial charge is 0.497 e. The highest BCUT2D eigenvalue weighted by atomic mass is 16.5. The number of aromatic nitrogens is 1. The van der Waals surface area contributed by atoms with Gasteiger partial charge in [-0.15, -0.1) is 0 Å². The lowest BCUT2D eigenvalue weighted by molar-refractivity contribution is 0.0982. The van der Waals surface area contributed by atoms with E-state index in [4.69, 9.17) is 4.74 Å². The van der Waals surface area contributed by atoms with E-state index in [0.29, 0.717) is 12.8 Å². The van der Waals surface area contributed by atoms with E-state index in [-0.39, 0.29) is 5.78 Å². The first-order valence-corrected chi connectivity index (χ1v) is 6.29. The third-order valence-corrected chi connectivity index (χ3v) is 2.92. The number of ketones is 1. The average molecular weight is 255 g/mol. The molecule has 0 amide bonds. The summed E-state index contributed by atoms with van der Waals surface area (Å²) >= 11 is 0. The van der Waals surface area contributed by atoms with Crippen molar-refractivity contribution in [2.24, 2.45) is 0 Å². The number of nitrogens with zero attached hydrogens (tertiary/aromatic N) is 1. The summed E-state index contributed by atoms with van der Waals surface area (Å²) in [6.45, 7) is 1.92. The quantitative estimate of drug-likeness (QED) is 0.770. The van der Waals surface area contributed by atoms with Gasteiger partial charge in [0.15, 0.2) is 5.78 Å². The van der Waals surface area contributed by atoms with Gasteiger partial charge < -0.3 is 4.74 Å². The third kappa shape index (κ3) is 3.65. The molecule has 0 aliphatic heterocycles. The zero-order valence-electron chi connectivity index (χ0n) is 11.2. The molecule has 1 aromatic heterocycles. The molecule has 0 spiro atoms. The van der Waals surface area contributed by atoms with Crippen LogP contribution in [0.2, 0.25) is 0 Å². The molecule has 0 bridgehead atoms. The van der Waals surface area contributed by atoms with Gasteiger partial charge in [-0.05, 0) is 13.3 Å². The van der Waals surface area contributed by atoms with Crippen molar-refractivity contribution >= 4 is 5.78 Å². The maximum Gasteiger partial charge on any atom is 0.163 e. The van der Waals surface area contributed by atoms with Crippen molar-refractivity contribution in [1.29, 1.82) is 0 Å². The van der Waals surface area contributed by atoms with Crippen LogP contribution < -0.4 is 4.74 Å². The van der Waals surface area contributed by atoms with E-state index in [1.807, 2.05) is 49.4 Å². The topological polar surface area (TPSA) is 39.2 Å². The Labute approximate surface area is 113 Å². The second-order valence-corrected chi connectivity index (χ2v) is 4.43. The summed E-state index contributed by atoms with van der Waals surface area (Å²) in [7, 11) is 1.63. The minimum absolute atomic E-state index is 0.142. The van der Waals surface area contributed by atoms with Crippen molar-refractivity contribution in [2.45, 2.75) is 19.8 Å². The van der Waals surface area contributed by atoms with Gasteiger partial charge in [0.05, 0.1) is 7.11 Å². The number of benzene rings is 1. The van der Waals surface area contributed by atoms with Gasteiger partial charge in [-0.2, -0.15) is 0 Å². The number of Topliss-reactive ketones (excluding diaryl/α,β-unsaturated/α-hetero) is 1. The summed E-state index contributed by atoms with van der Waals surface area (Å²) < 4.78 is 5.20. The van der Waals surface area contributed by atoms with Crippen LogP contribution in [0, 0.1) is 6.92 Å². The molecule has 0 saturated heterocycles. The maximum absolute atomic E-state index is 12.0. The standard InChI is InChI=1S/C16H17NO2/c1-12-10-15(19-2)11-14(17-12)8-9-16(18)13-6-4-3-5-7-13/h3-7,10-11H,8-9H2,1-2H3. The molecule has 2 aromatic rings. The summed E-state index contributed by atoms with van der Waals surface area (Å²) in [5.41, 5.74) is 2.55. The van der Waals surface area contributed by atoms with Gasteiger partial charge in [-0.3, -0.25) is 9.78 Å². The molecule has 98 valence electrons. The smallest absolute Gasteiger partial charge is 0.163 e. The van der Waals surface area contributed by atoms with Crippen molar-refractivity contribution < 1.29 is 9.53 Å². The molecule has 3 heteroatoms. The fourth-order valence-electron chi connectivity index (χ4n) is 1.96. The lowest BCUT2D eigenvalue weighted by Gasteiger charge is -2.06. The number of ether oxygens (including phenoxy) is 1. The van der Waals surface area contributed by atoms with Crippen LogP contribution in [0.4, 0.5) is 0 Å². The maximum atomic E-state index is 12.0. The third-order valence-electron chi connectivity index (χ3n) is 2.92. The van der Waals surface area contributed by atoms with Crippen LogP contribution in [0.5, 0.6) is 5.75 Å². The zero-order valence-corrected chi connectivity index (χ0v) is 11.2. The number of aryl methyl sites for hydroxylation is 2. The monoisotopic (exact) mass is 255 g/mol. The highest BCUT2D eigenvalue weighted by molar-refractivity contribution is 5.96. The van der Waals surface area contributed by atoms with Gasteiger partial charge in [0.2, 0.25) is 0 Å². The first kappa shape index (κ1) is 13.3. The highest BCUT2D eigenvalue weighted by Gasteiger charge is 2.07. The minimum Gasteiger partial charge on any atom is -0.497 e. The molecule has 0 atom stereocenters. The van der Waals surface area contributed by atoms with Gasteiger partial charge in [-0.1, -0.05) is 30.3 Å². The van der Waals surface area contributed by atoms with Crippen LogP contribution in [-0.2, 0) is 6.42 Å². The summed E-state index contributed by atoms with van der Waals surface area (Å²) in [4.78, 5) is 16.4. The van der Waals surface area contributed by atoms with Gasteiger partial charge in [0.1, 0.15) is 5.75 Å². The van der Waals surface area contributed by atoms with Crippen LogP contribution in [0.1, 0.15) is 28.2 Å². The van der Waals surface area contributed by atoms with Crippen LogP contribution in [0.15, 0.2) is 42.5 Å². The van der Waals surface area contributed by atoms with Crippen LogP contribution in [0.3, 0.4) is 0 Å². The van der Waals surface area contributed by atoms with Gasteiger partial charge >= 0.3 is 0 Å². The average Bonchev–Trinajstić information content (AvgIpc) is 2.45. The van der Waals surface area contributed by atoms with Crippen molar-refractivity contribution in [3.63, 3.8) is 0 Å². The Morgan fingerprint density at radius 1 is 1.21 bits per heavy atom. The van der Waals surface area contributed by atoms with E-state index in [0.717, 1.165) is 22.7 Å². The van der Waals surface area contributed by atoms with Crippen molar-refractivity contribution in [3.8, 4) is 5.75 Å². The highest BCUT2D eigenvalue weighted by Crippen LogP contribution is 2.15. The lowest BCUT2D eigenvalue weighted by Crippen LogP contribution is -2.03. The van der Waals surface area contributed by atoms with Crippen LogP contribution in [0.25, 0.3) is 0 Å². The molecule has 0 saturated carbocycles. The Balaban J connectivity index is 2.03. The molecule has 0 N–H and O–H groups in total.